The van der Waals surface area contributed by atoms with Gasteiger partial charge in [0.05, 0.1) is 6.61 Å². The topological polar surface area (TPSA) is 37.4 Å². The second kappa shape index (κ2) is 8.88. The summed E-state index contributed by atoms with van der Waals surface area (Å²) in [5, 5.41) is 3.44. The minimum atomic E-state index is 0.760. The molecule has 4 heteroatoms. The molecule has 0 atom stereocenters. The van der Waals surface area contributed by atoms with Crippen LogP contribution in [0.3, 0.4) is 0 Å². The van der Waals surface area contributed by atoms with Gasteiger partial charge in [0.15, 0.2) is 0 Å². The zero-order valence-electron chi connectivity index (χ0n) is 12.7. The maximum absolute atomic E-state index is 5.42. The molecule has 1 N–H and O–H groups in total. The molecule has 4 nitrogen and oxygen atoms in total. The SMILES string of the molecule is CCCNCc1cnc(C)cc1N(C)CCOCC. The summed E-state index contributed by atoms with van der Waals surface area (Å²) in [4.78, 5) is 6.64. The van der Waals surface area contributed by atoms with E-state index in [9.17, 15) is 0 Å². The molecule has 0 bridgehead atoms. The van der Waals surface area contributed by atoms with Crippen molar-refractivity contribution in [3.63, 3.8) is 0 Å². The third-order valence-electron chi connectivity index (χ3n) is 3.03. The predicted molar refractivity (Wildman–Crippen MR) is 80.7 cm³/mol. The third kappa shape index (κ3) is 5.57. The van der Waals surface area contributed by atoms with Crippen molar-refractivity contribution in [1.82, 2.24) is 10.3 Å². The monoisotopic (exact) mass is 265 g/mol. The first-order valence-corrected chi connectivity index (χ1v) is 7.14. The smallest absolute Gasteiger partial charge is 0.0641 e. The van der Waals surface area contributed by atoms with Crippen LogP contribution in [0.25, 0.3) is 0 Å². The van der Waals surface area contributed by atoms with Crippen LogP contribution in [0.4, 0.5) is 5.69 Å². The van der Waals surface area contributed by atoms with Gasteiger partial charge >= 0.3 is 0 Å². The Balaban J connectivity index is 2.69. The van der Waals surface area contributed by atoms with E-state index in [-0.39, 0.29) is 0 Å². The van der Waals surface area contributed by atoms with Gasteiger partial charge in [-0.05, 0) is 32.9 Å². The van der Waals surface area contributed by atoms with Crippen molar-refractivity contribution < 1.29 is 4.74 Å². The first-order chi connectivity index (χ1) is 9.19. The molecule has 0 fully saturated rings. The molecular weight excluding hydrogens is 238 g/mol. The molecule has 1 aromatic rings. The zero-order chi connectivity index (χ0) is 14.1. The molecule has 0 aromatic carbocycles. The quantitative estimate of drug-likeness (QED) is 0.696. The van der Waals surface area contributed by atoms with Crippen LogP contribution in [0, 0.1) is 6.92 Å². The number of aromatic nitrogens is 1. The van der Waals surface area contributed by atoms with Crippen molar-refractivity contribution in [1.29, 1.82) is 0 Å². The lowest BCUT2D eigenvalue weighted by Crippen LogP contribution is -2.25. The highest BCUT2D eigenvalue weighted by atomic mass is 16.5. The van der Waals surface area contributed by atoms with Crippen LogP contribution in [0.2, 0.25) is 0 Å². The van der Waals surface area contributed by atoms with Crippen LogP contribution in [-0.4, -0.2) is 38.3 Å². The molecule has 0 aliphatic carbocycles. The maximum Gasteiger partial charge on any atom is 0.0641 e. The summed E-state index contributed by atoms with van der Waals surface area (Å²) in [5.74, 6) is 0. The number of hydrogen-bond acceptors (Lipinski definition) is 4. The van der Waals surface area contributed by atoms with Crippen LogP contribution in [0.5, 0.6) is 0 Å². The van der Waals surface area contributed by atoms with Gasteiger partial charge < -0.3 is 15.0 Å². The average Bonchev–Trinajstić information content (AvgIpc) is 2.40. The summed E-state index contributed by atoms with van der Waals surface area (Å²) in [6.45, 7) is 10.6. The Morgan fingerprint density at radius 3 is 2.84 bits per heavy atom. The average molecular weight is 265 g/mol. The lowest BCUT2D eigenvalue weighted by atomic mass is 10.2. The number of nitrogens with one attached hydrogen (secondary N) is 1. The summed E-state index contributed by atoms with van der Waals surface area (Å²) in [6.07, 6.45) is 3.12. The van der Waals surface area contributed by atoms with E-state index in [0.717, 1.165) is 45.0 Å². The van der Waals surface area contributed by atoms with Gasteiger partial charge in [-0.15, -0.1) is 0 Å². The Morgan fingerprint density at radius 2 is 2.16 bits per heavy atom. The largest absolute Gasteiger partial charge is 0.380 e. The Hall–Kier alpha value is -1.13. The molecule has 1 aromatic heterocycles. The molecule has 0 spiro atoms. The van der Waals surface area contributed by atoms with Gasteiger partial charge in [-0.1, -0.05) is 6.92 Å². The number of ether oxygens (including phenoxy) is 1. The van der Waals surface area contributed by atoms with Crippen molar-refractivity contribution in [2.24, 2.45) is 0 Å². The van der Waals surface area contributed by atoms with E-state index < -0.39 is 0 Å². The second-order valence-electron chi connectivity index (χ2n) is 4.75. The normalized spacial score (nSPS) is 10.7. The highest BCUT2D eigenvalue weighted by molar-refractivity contribution is 5.53. The lowest BCUT2D eigenvalue weighted by molar-refractivity contribution is 0.154. The first kappa shape index (κ1) is 15.9. The Kier molecular flexibility index (Phi) is 7.45. The van der Waals surface area contributed by atoms with Gasteiger partial charge in [0.2, 0.25) is 0 Å². The zero-order valence-corrected chi connectivity index (χ0v) is 12.7. The van der Waals surface area contributed by atoms with Crippen molar-refractivity contribution in [3.05, 3.63) is 23.5 Å². The molecule has 108 valence electrons. The Labute approximate surface area is 117 Å². The summed E-state index contributed by atoms with van der Waals surface area (Å²) in [5.41, 5.74) is 3.55. The van der Waals surface area contributed by atoms with E-state index in [4.69, 9.17) is 4.74 Å². The van der Waals surface area contributed by atoms with Crippen LogP contribution in [0.15, 0.2) is 12.3 Å². The standard InChI is InChI=1S/C15H27N3O/c1-5-7-16-11-14-12-17-13(3)10-15(14)18(4)8-9-19-6-2/h10,12,16H,5-9,11H2,1-4H3. The fourth-order valence-electron chi connectivity index (χ4n) is 1.93. The lowest BCUT2D eigenvalue weighted by Gasteiger charge is -2.23. The second-order valence-corrected chi connectivity index (χ2v) is 4.75. The van der Waals surface area contributed by atoms with Gasteiger partial charge in [-0.3, -0.25) is 4.98 Å². The van der Waals surface area contributed by atoms with Crippen molar-refractivity contribution in [2.75, 3.05) is 38.3 Å². The fourth-order valence-corrected chi connectivity index (χ4v) is 1.93. The van der Waals surface area contributed by atoms with E-state index in [1.54, 1.807) is 0 Å². The van der Waals surface area contributed by atoms with Crippen molar-refractivity contribution in [2.45, 2.75) is 33.7 Å². The molecule has 19 heavy (non-hydrogen) atoms. The van der Waals surface area contributed by atoms with Crippen molar-refractivity contribution in [3.8, 4) is 0 Å². The number of pyridine rings is 1. The summed E-state index contributed by atoms with van der Waals surface area (Å²) in [6, 6.07) is 2.15. The molecule has 0 aliphatic heterocycles. The molecule has 1 heterocycles. The van der Waals surface area contributed by atoms with Crippen LogP contribution < -0.4 is 10.2 Å². The Bertz CT molecular complexity index is 368. The number of hydrogen-bond donors (Lipinski definition) is 1. The minimum Gasteiger partial charge on any atom is -0.380 e. The van der Waals surface area contributed by atoms with E-state index in [2.05, 4.69) is 35.2 Å². The molecule has 0 saturated heterocycles. The van der Waals surface area contributed by atoms with Gasteiger partial charge in [0, 0.05) is 49.9 Å². The van der Waals surface area contributed by atoms with E-state index >= 15 is 0 Å². The molecule has 0 radical (unpaired) electrons. The van der Waals surface area contributed by atoms with E-state index in [1.807, 2.05) is 20.0 Å². The van der Waals surface area contributed by atoms with Crippen LogP contribution in [-0.2, 0) is 11.3 Å². The third-order valence-corrected chi connectivity index (χ3v) is 3.03. The highest BCUT2D eigenvalue weighted by Gasteiger charge is 2.08. The van der Waals surface area contributed by atoms with Crippen molar-refractivity contribution >= 4 is 5.69 Å². The molecule has 1 rings (SSSR count). The Morgan fingerprint density at radius 1 is 1.37 bits per heavy atom. The fraction of sp³-hybridized carbons (Fsp3) is 0.667. The summed E-state index contributed by atoms with van der Waals surface area (Å²) in [7, 11) is 2.11. The van der Waals surface area contributed by atoms with Gasteiger partial charge in [-0.2, -0.15) is 0 Å². The molecular formula is C15H27N3O. The van der Waals surface area contributed by atoms with Crippen LogP contribution >= 0.6 is 0 Å². The van der Waals surface area contributed by atoms with Crippen LogP contribution in [0.1, 0.15) is 31.5 Å². The minimum absolute atomic E-state index is 0.760. The van der Waals surface area contributed by atoms with E-state index in [0.29, 0.717) is 0 Å². The number of nitrogens with zero attached hydrogens (tertiary/aromatic N) is 2. The summed E-state index contributed by atoms with van der Waals surface area (Å²) >= 11 is 0. The van der Waals surface area contributed by atoms with Gasteiger partial charge in [0.1, 0.15) is 0 Å². The number of rotatable bonds is 9. The van der Waals surface area contributed by atoms with E-state index in [1.165, 1.54) is 11.3 Å². The maximum atomic E-state index is 5.42. The van der Waals surface area contributed by atoms with Gasteiger partial charge in [-0.25, -0.2) is 0 Å². The molecule has 0 amide bonds. The summed E-state index contributed by atoms with van der Waals surface area (Å²) < 4.78 is 5.42. The predicted octanol–water partition coefficient (Wildman–Crippen LogP) is 2.36. The highest BCUT2D eigenvalue weighted by Crippen LogP contribution is 2.19. The number of anilines is 1. The van der Waals surface area contributed by atoms with Gasteiger partial charge in [0.25, 0.3) is 0 Å². The first-order valence-electron chi connectivity index (χ1n) is 7.14. The number of aryl methyl sites for hydroxylation is 1. The molecule has 0 unspecified atom stereocenters. The molecule has 0 saturated carbocycles. The number of likely N-dealkylation sites (N-methyl/N-ethyl adjacent to an activating group) is 1. The molecule has 0 aliphatic rings.